The average molecular weight is 440 g/mol. The number of ether oxygens (including phenoxy) is 1. The zero-order chi connectivity index (χ0) is 21.7. The third-order valence-corrected chi connectivity index (χ3v) is 5.65. The second-order valence-corrected chi connectivity index (χ2v) is 7.40. The van der Waals surface area contributed by atoms with Crippen LogP contribution in [0.25, 0.3) is 0 Å². The van der Waals surface area contributed by atoms with Crippen molar-refractivity contribution in [2.75, 3.05) is 13.7 Å². The number of nitrogens with one attached hydrogen (secondary N) is 1. The van der Waals surface area contributed by atoms with Crippen LogP contribution in [0.15, 0.2) is 23.1 Å². The molecule has 0 saturated carbocycles. The Labute approximate surface area is 173 Å². The molecule has 2 aliphatic heterocycles. The molecule has 1 aromatic heterocycles. The number of aromatic nitrogens is 1. The SMILES string of the molecule is CN1C(=O)c2c(O)c(=O)c(C(=O)NCc3ccc(F)c(Cl)c3F)cn2[C@@H]2CCO[C@@H]21. The maximum absolute atomic E-state index is 14.0. The van der Waals surface area contributed by atoms with Gasteiger partial charge in [-0.15, -0.1) is 0 Å². The lowest BCUT2D eigenvalue weighted by atomic mass is 10.1. The summed E-state index contributed by atoms with van der Waals surface area (Å²) >= 11 is 5.52. The van der Waals surface area contributed by atoms with Gasteiger partial charge in [0.05, 0.1) is 12.6 Å². The Morgan fingerprint density at radius 3 is 2.83 bits per heavy atom. The van der Waals surface area contributed by atoms with Crippen LogP contribution in [0.3, 0.4) is 0 Å². The van der Waals surface area contributed by atoms with Crippen molar-refractivity contribution in [2.45, 2.75) is 25.2 Å². The van der Waals surface area contributed by atoms with Crippen LogP contribution < -0.4 is 10.7 Å². The number of pyridine rings is 1. The van der Waals surface area contributed by atoms with Gasteiger partial charge in [-0.05, 0) is 12.5 Å². The number of nitrogens with zero attached hydrogens (tertiary/aromatic N) is 2. The van der Waals surface area contributed by atoms with Gasteiger partial charge in [0, 0.05) is 25.4 Å². The Bertz CT molecular complexity index is 1140. The number of benzene rings is 1. The van der Waals surface area contributed by atoms with Crippen LogP contribution in [-0.2, 0) is 11.3 Å². The van der Waals surface area contributed by atoms with E-state index in [2.05, 4.69) is 5.32 Å². The van der Waals surface area contributed by atoms with Crippen molar-refractivity contribution in [2.24, 2.45) is 0 Å². The zero-order valence-electron chi connectivity index (χ0n) is 15.6. The van der Waals surface area contributed by atoms with Crippen molar-refractivity contribution in [1.82, 2.24) is 14.8 Å². The maximum atomic E-state index is 14.0. The highest BCUT2D eigenvalue weighted by Gasteiger charge is 2.43. The van der Waals surface area contributed by atoms with Crippen molar-refractivity contribution in [3.8, 4) is 5.75 Å². The monoisotopic (exact) mass is 439 g/mol. The molecule has 0 radical (unpaired) electrons. The summed E-state index contributed by atoms with van der Waals surface area (Å²) in [5.41, 5.74) is -1.76. The molecule has 0 spiro atoms. The number of fused-ring (bicyclic) bond motifs is 3. The van der Waals surface area contributed by atoms with E-state index in [0.29, 0.717) is 13.0 Å². The van der Waals surface area contributed by atoms with Gasteiger partial charge in [0.15, 0.2) is 17.7 Å². The summed E-state index contributed by atoms with van der Waals surface area (Å²) in [7, 11) is 1.50. The van der Waals surface area contributed by atoms with E-state index in [4.69, 9.17) is 16.3 Å². The number of rotatable bonds is 3. The highest BCUT2D eigenvalue weighted by molar-refractivity contribution is 6.30. The lowest BCUT2D eigenvalue weighted by Crippen LogP contribution is -2.48. The van der Waals surface area contributed by atoms with Crippen LogP contribution in [0.4, 0.5) is 8.78 Å². The molecule has 3 heterocycles. The van der Waals surface area contributed by atoms with Gasteiger partial charge in [-0.3, -0.25) is 14.4 Å². The molecular weight excluding hydrogens is 424 g/mol. The Balaban J connectivity index is 1.67. The molecule has 4 rings (SSSR count). The minimum Gasteiger partial charge on any atom is -0.503 e. The van der Waals surface area contributed by atoms with E-state index in [1.807, 2.05) is 0 Å². The van der Waals surface area contributed by atoms with E-state index in [0.717, 1.165) is 12.1 Å². The summed E-state index contributed by atoms with van der Waals surface area (Å²) in [6, 6.07) is 1.69. The van der Waals surface area contributed by atoms with Gasteiger partial charge in [0.1, 0.15) is 22.2 Å². The summed E-state index contributed by atoms with van der Waals surface area (Å²) in [5.74, 6) is -4.32. The van der Waals surface area contributed by atoms with Gasteiger partial charge in [0.2, 0.25) is 5.43 Å². The number of carbonyl (C=O) groups excluding carboxylic acids is 2. The standard InChI is InChI=1S/C19H16ClF2N3O5/c1-24-18(29)14-16(27)15(26)9(7-25(14)11-4-5-30-19(11)24)17(28)23-6-8-2-3-10(21)12(20)13(8)22/h2-3,7,11,19,27H,4-6H2,1H3,(H,23,28)/t11-,19+/m1/s1. The smallest absolute Gasteiger partial charge is 0.276 e. The van der Waals surface area contributed by atoms with Gasteiger partial charge in [-0.25, -0.2) is 8.78 Å². The van der Waals surface area contributed by atoms with E-state index in [1.165, 1.54) is 22.7 Å². The van der Waals surface area contributed by atoms with Gasteiger partial charge in [0.25, 0.3) is 11.8 Å². The third kappa shape index (κ3) is 3.03. The number of amides is 2. The fourth-order valence-electron chi connectivity index (χ4n) is 3.72. The van der Waals surface area contributed by atoms with E-state index in [-0.39, 0.29) is 23.8 Å². The lowest BCUT2D eigenvalue weighted by Gasteiger charge is -2.36. The fraction of sp³-hybridized carbons (Fsp3) is 0.316. The van der Waals surface area contributed by atoms with Crippen LogP contribution in [0.5, 0.6) is 5.75 Å². The van der Waals surface area contributed by atoms with Crippen molar-refractivity contribution < 1.29 is 28.2 Å². The first-order chi connectivity index (χ1) is 14.2. The van der Waals surface area contributed by atoms with Crippen molar-refractivity contribution >= 4 is 23.4 Å². The summed E-state index contributed by atoms with van der Waals surface area (Å²) in [4.78, 5) is 39.0. The molecule has 1 aromatic carbocycles. The first kappa shape index (κ1) is 20.3. The molecule has 158 valence electrons. The molecule has 11 heteroatoms. The normalized spacial score (nSPS) is 20.1. The number of hydrogen-bond donors (Lipinski definition) is 2. The van der Waals surface area contributed by atoms with Crippen molar-refractivity contribution in [3.05, 3.63) is 62.0 Å². The minimum absolute atomic E-state index is 0.0851. The van der Waals surface area contributed by atoms with E-state index in [1.54, 1.807) is 0 Å². The summed E-state index contributed by atoms with van der Waals surface area (Å²) in [6.07, 6.45) is 1.12. The highest BCUT2D eigenvalue weighted by Crippen LogP contribution is 2.36. The Morgan fingerprint density at radius 2 is 2.10 bits per heavy atom. The second kappa shape index (κ2) is 7.37. The van der Waals surface area contributed by atoms with Gasteiger partial charge >= 0.3 is 0 Å². The van der Waals surface area contributed by atoms with Crippen LogP contribution in [0.1, 0.15) is 38.9 Å². The molecule has 2 atom stereocenters. The van der Waals surface area contributed by atoms with E-state index < -0.39 is 51.4 Å². The first-order valence-electron chi connectivity index (χ1n) is 8.99. The molecule has 2 aromatic rings. The quantitative estimate of drug-likeness (QED) is 0.710. The van der Waals surface area contributed by atoms with E-state index in [9.17, 15) is 28.3 Å². The summed E-state index contributed by atoms with van der Waals surface area (Å²) < 4.78 is 34.2. The number of carbonyl (C=O) groups is 2. The topological polar surface area (TPSA) is 101 Å². The maximum Gasteiger partial charge on any atom is 0.276 e. The fourth-order valence-corrected chi connectivity index (χ4v) is 3.90. The van der Waals surface area contributed by atoms with Gasteiger partial charge in [-0.1, -0.05) is 17.7 Å². The van der Waals surface area contributed by atoms with Crippen LogP contribution in [0, 0.1) is 11.6 Å². The molecule has 8 nitrogen and oxygen atoms in total. The van der Waals surface area contributed by atoms with E-state index >= 15 is 0 Å². The van der Waals surface area contributed by atoms with Gasteiger partial charge in [-0.2, -0.15) is 0 Å². The Morgan fingerprint density at radius 1 is 1.37 bits per heavy atom. The average Bonchev–Trinajstić information content (AvgIpc) is 3.21. The molecule has 1 saturated heterocycles. The second-order valence-electron chi connectivity index (χ2n) is 7.03. The molecule has 2 N–H and O–H groups in total. The molecule has 0 unspecified atom stereocenters. The molecule has 30 heavy (non-hydrogen) atoms. The predicted molar refractivity (Wildman–Crippen MR) is 100 cm³/mol. The van der Waals surface area contributed by atoms with Crippen LogP contribution in [0.2, 0.25) is 5.02 Å². The first-order valence-corrected chi connectivity index (χ1v) is 9.37. The molecule has 0 aliphatic carbocycles. The molecule has 1 fully saturated rings. The lowest BCUT2D eigenvalue weighted by molar-refractivity contribution is -0.0238. The Hall–Kier alpha value is -2.98. The number of aromatic hydroxyl groups is 1. The molecule has 2 aliphatic rings. The summed E-state index contributed by atoms with van der Waals surface area (Å²) in [6.45, 7) is -0.00509. The minimum atomic E-state index is -1.03. The number of hydrogen-bond acceptors (Lipinski definition) is 5. The predicted octanol–water partition coefficient (Wildman–Crippen LogP) is 1.79. The Kier molecular flexibility index (Phi) is 4.99. The van der Waals surface area contributed by atoms with Crippen molar-refractivity contribution in [1.29, 1.82) is 0 Å². The van der Waals surface area contributed by atoms with Crippen LogP contribution in [-0.4, -0.2) is 46.3 Å². The molecule has 0 bridgehead atoms. The number of halogens is 3. The van der Waals surface area contributed by atoms with Crippen molar-refractivity contribution in [3.63, 3.8) is 0 Å². The van der Waals surface area contributed by atoms with Crippen LogP contribution >= 0.6 is 11.6 Å². The highest BCUT2D eigenvalue weighted by atomic mass is 35.5. The third-order valence-electron chi connectivity index (χ3n) is 5.30. The number of likely N-dealkylation sites (N-methyl/N-ethyl adjacent to an activating group) is 1. The summed E-state index contributed by atoms with van der Waals surface area (Å²) in [5, 5.41) is 12.0. The largest absolute Gasteiger partial charge is 0.503 e. The molecular formula is C19H16ClF2N3O5. The van der Waals surface area contributed by atoms with Gasteiger partial charge < -0.3 is 24.6 Å². The molecule has 2 amide bonds. The zero-order valence-corrected chi connectivity index (χ0v) is 16.4.